The summed E-state index contributed by atoms with van der Waals surface area (Å²) in [5.41, 5.74) is 5.75. The minimum atomic E-state index is 0. The van der Waals surface area contributed by atoms with Crippen LogP contribution >= 0.6 is 0 Å². The van der Waals surface area contributed by atoms with Crippen molar-refractivity contribution in [1.29, 1.82) is 0 Å². The summed E-state index contributed by atoms with van der Waals surface area (Å²) >= 11 is 0. The number of fused-ring (bicyclic) bond motifs is 2. The molecule has 5 heteroatoms. The lowest BCUT2D eigenvalue weighted by atomic mass is 10.1. The summed E-state index contributed by atoms with van der Waals surface area (Å²) in [6.45, 7) is 3.82. The van der Waals surface area contributed by atoms with Gasteiger partial charge in [0.2, 0.25) is 0 Å². The summed E-state index contributed by atoms with van der Waals surface area (Å²) < 4.78 is 0. The van der Waals surface area contributed by atoms with E-state index in [1.807, 2.05) is 74.5 Å². The highest BCUT2D eigenvalue weighted by Crippen LogP contribution is 2.23. The monoisotopic (exact) mass is 502 g/mol. The van der Waals surface area contributed by atoms with E-state index < -0.39 is 0 Å². The van der Waals surface area contributed by atoms with E-state index >= 15 is 0 Å². The number of phenols is 2. The highest BCUT2D eigenvalue weighted by atomic mass is 27.0. The van der Waals surface area contributed by atoms with Gasteiger partial charge in [-0.05, 0) is 49.2 Å². The Hall–Kier alpha value is -4.17. The first-order chi connectivity index (χ1) is 17.5. The predicted octanol–water partition coefficient (Wildman–Crippen LogP) is 6.67. The quantitative estimate of drug-likeness (QED) is 0.247. The van der Waals surface area contributed by atoms with Crippen LogP contribution in [0.5, 0.6) is 11.5 Å². The van der Waals surface area contributed by atoms with Gasteiger partial charge in [-0.3, -0.25) is 0 Å². The van der Waals surface area contributed by atoms with Crippen molar-refractivity contribution in [1.82, 2.24) is 9.97 Å². The number of nitrogens with zero attached hydrogens (tertiary/aromatic N) is 2. The van der Waals surface area contributed by atoms with Gasteiger partial charge in [0.25, 0.3) is 0 Å². The predicted molar refractivity (Wildman–Crippen MR) is 158 cm³/mol. The van der Waals surface area contributed by atoms with Gasteiger partial charge in [0.1, 0.15) is 22.5 Å². The number of aromatic hydroxyl groups is 2. The van der Waals surface area contributed by atoms with E-state index in [0.29, 0.717) is 11.0 Å². The van der Waals surface area contributed by atoms with Crippen LogP contribution in [0.4, 0.5) is 0 Å². The van der Waals surface area contributed by atoms with Crippen molar-refractivity contribution in [3.63, 3.8) is 0 Å². The van der Waals surface area contributed by atoms with Gasteiger partial charge < -0.3 is 10.2 Å². The first-order valence-electron chi connectivity index (χ1n) is 11.7. The molecule has 0 bridgehead atoms. The van der Waals surface area contributed by atoms with Gasteiger partial charge in [-0.2, -0.15) is 0 Å². The average molecular weight is 503 g/mol. The number of aryl methyl sites for hydroxylation is 2. The van der Waals surface area contributed by atoms with Crippen molar-refractivity contribution in [2.45, 2.75) is 13.8 Å². The van der Waals surface area contributed by atoms with E-state index in [1.54, 1.807) is 12.1 Å². The number of para-hydroxylation sites is 2. The molecule has 4 aromatic carbocycles. The third kappa shape index (κ3) is 7.41. The summed E-state index contributed by atoms with van der Waals surface area (Å²) in [6, 6.07) is 39.3. The molecule has 2 N–H and O–H groups in total. The Labute approximate surface area is 228 Å². The normalized spacial score (nSPS) is 9.89. The fraction of sp³-hybridized carbons (Fsp3) is 0.0625. The first-order valence-corrected chi connectivity index (χ1v) is 11.7. The van der Waals surface area contributed by atoms with Crippen molar-refractivity contribution in [3.8, 4) is 22.6 Å². The molecule has 0 fully saturated rings. The van der Waals surface area contributed by atoms with Crippen LogP contribution in [-0.4, -0.2) is 37.5 Å². The van der Waals surface area contributed by atoms with Crippen LogP contribution in [0, 0.1) is 13.8 Å². The van der Waals surface area contributed by atoms with Crippen molar-refractivity contribution < 1.29 is 10.2 Å². The second-order valence-electron chi connectivity index (χ2n) is 8.34. The molecule has 0 spiro atoms. The van der Waals surface area contributed by atoms with Crippen LogP contribution in [0.3, 0.4) is 0 Å². The van der Waals surface area contributed by atoms with Gasteiger partial charge in [-0.1, -0.05) is 97.1 Å². The molecular weight excluding hydrogens is 471 g/mol. The molecule has 37 heavy (non-hydrogen) atoms. The van der Waals surface area contributed by atoms with Crippen LogP contribution in [0.25, 0.3) is 32.9 Å². The zero-order valence-corrected chi connectivity index (χ0v) is 20.3. The Bertz CT molecular complexity index is 1450. The van der Waals surface area contributed by atoms with Gasteiger partial charge >= 0.3 is 0 Å². The minimum Gasteiger partial charge on any atom is -0.506 e. The van der Waals surface area contributed by atoms with E-state index in [0.717, 1.165) is 22.2 Å². The average Bonchev–Trinajstić information content (AvgIpc) is 2.92. The first kappa shape index (κ1) is 27.4. The number of aromatic nitrogens is 2. The van der Waals surface area contributed by atoms with Crippen molar-refractivity contribution in [2.75, 3.05) is 0 Å². The molecule has 184 valence electrons. The van der Waals surface area contributed by atoms with Gasteiger partial charge in [0.15, 0.2) is 17.4 Å². The summed E-state index contributed by atoms with van der Waals surface area (Å²) in [6.07, 6.45) is 0. The van der Waals surface area contributed by atoms with Crippen molar-refractivity contribution >= 4 is 39.2 Å². The topological polar surface area (TPSA) is 66.2 Å². The van der Waals surface area contributed by atoms with Crippen molar-refractivity contribution in [2.24, 2.45) is 0 Å². The fourth-order valence-electron chi connectivity index (χ4n) is 3.72. The largest absolute Gasteiger partial charge is 0.506 e. The Morgan fingerprint density at radius 3 is 1.19 bits per heavy atom. The third-order valence-electron chi connectivity index (χ3n) is 5.56. The van der Waals surface area contributed by atoms with Gasteiger partial charge in [-0.25, -0.2) is 9.97 Å². The molecule has 0 aliphatic carbocycles. The molecule has 0 amide bonds. The number of benzene rings is 4. The molecule has 0 aliphatic heterocycles. The molecule has 0 saturated carbocycles. The van der Waals surface area contributed by atoms with Crippen LogP contribution in [0.2, 0.25) is 0 Å². The summed E-state index contributed by atoms with van der Waals surface area (Å²) in [5.74, 6) is 0.493. The number of rotatable bonds is 1. The molecule has 2 aromatic heterocycles. The lowest BCUT2D eigenvalue weighted by Crippen LogP contribution is -1.82. The molecule has 6 aromatic rings. The van der Waals surface area contributed by atoms with Gasteiger partial charge in [0, 0.05) is 22.2 Å². The molecular formula is C32H31AlN2O2. The minimum absolute atomic E-state index is 0. The van der Waals surface area contributed by atoms with E-state index in [2.05, 4.69) is 58.5 Å². The zero-order valence-electron chi connectivity index (χ0n) is 20.3. The number of hydrogen-bond acceptors (Lipinski definition) is 4. The van der Waals surface area contributed by atoms with E-state index in [4.69, 9.17) is 0 Å². The molecule has 6 rings (SSSR count). The second kappa shape index (κ2) is 13.2. The summed E-state index contributed by atoms with van der Waals surface area (Å²) in [4.78, 5) is 8.45. The molecule has 0 aliphatic rings. The lowest BCUT2D eigenvalue weighted by Gasteiger charge is -1.99. The second-order valence-corrected chi connectivity index (χ2v) is 8.34. The molecule has 2 heterocycles. The van der Waals surface area contributed by atoms with E-state index in [-0.39, 0.29) is 28.9 Å². The molecule has 4 nitrogen and oxygen atoms in total. The third-order valence-corrected chi connectivity index (χ3v) is 5.56. The van der Waals surface area contributed by atoms with Crippen LogP contribution in [0.1, 0.15) is 11.4 Å². The summed E-state index contributed by atoms with van der Waals surface area (Å²) in [7, 11) is 0. The fourth-order valence-corrected chi connectivity index (χ4v) is 3.72. The standard InChI is InChI=1S/C12H10.2C10H9NO.Al.3H/c1-3-7-11(8-4-1)12-9-5-2-6-10-12;2*1-7-5-6-8-3-2-4-9(12)10(8)11-7;;;;/h1-10H;2*2-6,12H,1H3;;;;. The Balaban J connectivity index is 0.000000152. The molecule has 0 radical (unpaired) electrons. The van der Waals surface area contributed by atoms with Crippen molar-refractivity contribution in [3.05, 3.63) is 133 Å². The lowest BCUT2D eigenvalue weighted by molar-refractivity contribution is 0.480. The van der Waals surface area contributed by atoms with Gasteiger partial charge in [-0.15, -0.1) is 0 Å². The molecule has 0 saturated heterocycles. The highest BCUT2D eigenvalue weighted by molar-refractivity contribution is 5.84. The van der Waals surface area contributed by atoms with E-state index in [9.17, 15) is 10.2 Å². The molecule has 0 unspecified atom stereocenters. The van der Waals surface area contributed by atoms with Crippen LogP contribution in [0.15, 0.2) is 121 Å². The SMILES string of the molecule is Cc1ccc2cccc(O)c2n1.Cc1ccc2cccc(O)c2n1.[AlH3].c1ccc(-c2ccccc2)cc1. The Morgan fingerprint density at radius 2 is 0.811 bits per heavy atom. The maximum Gasteiger partial charge on any atom is 0.187 e. The maximum atomic E-state index is 9.43. The number of phenolic OH excluding ortho intramolecular Hbond substituents is 2. The van der Waals surface area contributed by atoms with Crippen LogP contribution in [-0.2, 0) is 0 Å². The van der Waals surface area contributed by atoms with Gasteiger partial charge in [0.05, 0.1) is 0 Å². The number of pyridine rings is 2. The smallest absolute Gasteiger partial charge is 0.187 e. The highest BCUT2D eigenvalue weighted by Gasteiger charge is 2.00. The molecule has 0 atom stereocenters. The zero-order chi connectivity index (χ0) is 25.3. The maximum absolute atomic E-state index is 9.43. The van der Waals surface area contributed by atoms with E-state index in [1.165, 1.54) is 11.1 Å². The number of hydrogen-bond donors (Lipinski definition) is 2. The Kier molecular flexibility index (Phi) is 9.80. The Morgan fingerprint density at radius 1 is 0.432 bits per heavy atom. The van der Waals surface area contributed by atoms with Crippen LogP contribution < -0.4 is 0 Å². The summed E-state index contributed by atoms with van der Waals surface area (Å²) in [5, 5.41) is 20.8.